The number of amides is 1. The summed E-state index contributed by atoms with van der Waals surface area (Å²) in [6, 6.07) is 4.77. The van der Waals surface area contributed by atoms with Crippen LogP contribution in [0.3, 0.4) is 0 Å². The average molecular weight is 508 g/mol. The summed E-state index contributed by atoms with van der Waals surface area (Å²) < 4.78 is 35.9. The molecule has 3 rings (SSSR count). The van der Waals surface area contributed by atoms with Crippen LogP contribution in [0.5, 0.6) is 5.75 Å². The van der Waals surface area contributed by atoms with Crippen LogP contribution in [0.15, 0.2) is 29.3 Å². The number of aliphatic hydroxyl groups excluding tert-OH is 1. The number of β-amino-alcohol motifs (C(OH)–C–C–N with tert-alkyl or cyclic N) is 1. The monoisotopic (exact) mass is 507 g/mol. The van der Waals surface area contributed by atoms with Gasteiger partial charge in [-0.2, -0.15) is 4.31 Å². The summed E-state index contributed by atoms with van der Waals surface area (Å²) in [6.45, 7) is 6.91. The highest BCUT2D eigenvalue weighted by atomic mass is 32.2. The SMILES string of the molecule is CCCOc1ccc(S(=O)(=O)N2CCN(CCO)CC2)cc1Nc1c(CCC)cn(C)c1C(N)=O. The molecule has 1 fully saturated rings. The highest BCUT2D eigenvalue weighted by Gasteiger charge is 2.29. The number of aliphatic hydroxyl groups is 1. The van der Waals surface area contributed by atoms with Crippen LogP contribution in [-0.2, 0) is 23.5 Å². The van der Waals surface area contributed by atoms with Crippen molar-refractivity contribution in [1.82, 2.24) is 13.8 Å². The van der Waals surface area contributed by atoms with Crippen LogP contribution in [0.1, 0.15) is 42.7 Å². The molecule has 2 heterocycles. The zero-order valence-corrected chi connectivity index (χ0v) is 21.6. The average Bonchev–Trinajstić information content (AvgIpc) is 3.13. The van der Waals surface area contributed by atoms with Crippen molar-refractivity contribution < 1.29 is 23.1 Å². The van der Waals surface area contributed by atoms with E-state index in [1.54, 1.807) is 29.8 Å². The Morgan fingerprint density at radius 1 is 1.17 bits per heavy atom. The fraction of sp³-hybridized carbons (Fsp3) is 0.542. The van der Waals surface area contributed by atoms with Gasteiger partial charge in [0.25, 0.3) is 5.91 Å². The molecular formula is C24H37N5O5S. The van der Waals surface area contributed by atoms with E-state index in [0.717, 1.165) is 24.8 Å². The molecule has 35 heavy (non-hydrogen) atoms. The second-order valence-electron chi connectivity index (χ2n) is 8.70. The summed E-state index contributed by atoms with van der Waals surface area (Å²) in [6.07, 6.45) is 4.25. The molecule has 0 aliphatic carbocycles. The van der Waals surface area contributed by atoms with E-state index in [2.05, 4.69) is 5.32 Å². The number of primary amides is 1. The molecule has 1 saturated heterocycles. The minimum absolute atomic E-state index is 0.0494. The number of benzene rings is 1. The topological polar surface area (TPSA) is 130 Å². The molecule has 1 amide bonds. The molecule has 2 aromatic rings. The van der Waals surface area contributed by atoms with Gasteiger partial charge in [0.1, 0.15) is 11.4 Å². The second-order valence-corrected chi connectivity index (χ2v) is 10.6. The lowest BCUT2D eigenvalue weighted by Crippen LogP contribution is -2.49. The van der Waals surface area contributed by atoms with E-state index in [1.165, 1.54) is 4.31 Å². The smallest absolute Gasteiger partial charge is 0.267 e. The number of nitrogens with one attached hydrogen (secondary N) is 1. The van der Waals surface area contributed by atoms with Crippen LogP contribution in [0.2, 0.25) is 0 Å². The Kier molecular flexibility index (Phi) is 9.17. The molecule has 1 aromatic heterocycles. The minimum atomic E-state index is -3.74. The number of anilines is 2. The predicted molar refractivity (Wildman–Crippen MR) is 136 cm³/mol. The molecule has 0 unspecified atom stereocenters. The Bertz CT molecular complexity index is 1120. The standard InChI is InChI=1S/C24H37N5O5S/c1-4-6-18-17-27(3)23(24(25)31)22(18)26-20-16-19(7-8-21(20)34-15-5-2)35(32,33)29-11-9-28(10-12-29)13-14-30/h7-8,16-17,26,30H,4-6,9-15H2,1-3H3,(H2,25,31). The van der Waals surface area contributed by atoms with Gasteiger partial charge in [0.15, 0.2) is 0 Å². The second kappa shape index (κ2) is 11.9. The lowest BCUT2D eigenvalue weighted by molar-refractivity contribution is 0.0993. The highest BCUT2D eigenvalue weighted by molar-refractivity contribution is 7.89. The number of aryl methyl sites for hydroxylation is 2. The normalized spacial score (nSPS) is 15.3. The van der Waals surface area contributed by atoms with Gasteiger partial charge in [-0.15, -0.1) is 0 Å². The molecule has 194 valence electrons. The van der Waals surface area contributed by atoms with Gasteiger partial charge in [0.2, 0.25) is 10.0 Å². The number of hydrogen-bond acceptors (Lipinski definition) is 7. The molecule has 4 N–H and O–H groups in total. The molecule has 0 bridgehead atoms. The van der Waals surface area contributed by atoms with Crippen LogP contribution in [0.25, 0.3) is 0 Å². The number of piperazine rings is 1. The number of ether oxygens (including phenoxy) is 1. The Hall–Kier alpha value is -2.60. The van der Waals surface area contributed by atoms with Gasteiger partial charge < -0.3 is 25.5 Å². The molecule has 0 spiro atoms. The summed E-state index contributed by atoms with van der Waals surface area (Å²) in [5.41, 5.74) is 7.94. The van der Waals surface area contributed by atoms with E-state index in [0.29, 0.717) is 62.1 Å². The minimum Gasteiger partial charge on any atom is -0.491 e. The van der Waals surface area contributed by atoms with Gasteiger partial charge in [-0.3, -0.25) is 9.69 Å². The summed E-state index contributed by atoms with van der Waals surface area (Å²) in [7, 11) is -1.98. The van der Waals surface area contributed by atoms with Gasteiger partial charge in [0, 0.05) is 46.0 Å². The van der Waals surface area contributed by atoms with E-state index in [1.807, 2.05) is 24.9 Å². The number of nitrogens with zero attached hydrogens (tertiary/aromatic N) is 3. The van der Waals surface area contributed by atoms with Crippen LogP contribution in [0, 0.1) is 0 Å². The predicted octanol–water partition coefficient (Wildman–Crippen LogP) is 1.91. The van der Waals surface area contributed by atoms with Crippen molar-refractivity contribution in [2.75, 3.05) is 51.3 Å². The van der Waals surface area contributed by atoms with E-state index >= 15 is 0 Å². The van der Waals surface area contributed by atoms with Gasteiger partial charge >= 0.3 is 0 Å². The third kappa shape index (κ3) is 6.16. The highest BCUT2D eigenvalue weighted by Crippen LogP contribution is 2.35. The molecule has 0 saturated carbocycles. The number of hydrogen-bond donors (Lipinski definition) is 3. The van der Waals surface area contributed by atoms with Crippen molar-refractivity contribution in [2.45, 2.75) is 38.0 Å². The molecule has 10 nitrogen and oxygen atoms in total. The Morgan fingerprint density at radius 3 is 2.49 bits per heavy atom. The maximum absolute atomic E-state index is 13.4. The zero-order chi connectivity index (χ0) is 25.6. The number of nitrogens with two attached hydrogens (primary N) is 1. The lowest BCUT2D eigenvalue weighted by Gasteiger charge is -2.33. The fourth-order valence-electron chi connectivity index (χ4n) is 4.31. The van der Waals surface area contributed by atoms with E-state index in [-0.39, 0.29) is 11.5 Å². The Morgan fingerprint density at radius 2 is 1.89 bits per heavy atom. The molecule has 1 aliphatic heterocycles. The van der Waals surface area contributed by atoms with Gasteiger partial charge in [-0.25, -0.2) is 8.42 Å². The van der Waals surface area contributed by atoms with E-state index in [4.69, 9.17) is 15.6 Å². The number of rotatable bonds is 12. The number of carbonyl (C=O) groups excluding carboxylic acids is 1. The third-order valence-corrected chi connectivity index (χ3v) is 7.97. The van der Waals surface area contributed by atoms with Gasteiger partial charge in [0.05, 0.1) is 29.5 Å². The van der Waals surface area contributed by atoms with Crippen LogP contribution in [0.4, 0.5) is 11.4 Å². The van der Waals surface area contributed by atoms with Crippen molar-refractivity contribution in [3.63, 3.8) is 0 Å². The van der Waals surface area contributed by atoms with Crippen LogP contribution >= 0.6 is 0 Å². The van der Waals surface area contributed by atoms with Gasteiger partial charge in [-0.1, -0.05) is 20.3 Å². The summed E-state index contributed by atoms with van der Waals surface area (Å²) in [4.78, 5) is 14.4. The number of aromatic nitrogens is 1. The largest absolute Gasteiger partial charge is 0.491 e. The lowest BCUT2D eigenvalue weighted by atomic mass is 10.1. The van der Waals surface area contributed by atoms with Crippen LogP contribution < -0.4 is 15.8 Å². The summed E-state index contributed by atoms with van der Waals surface area (Å²) in [5, 5.41) is 12.4. The fourth-order valence-corrected chi connectivity index (χ4v) is 5.76. The molecule has 1 aliphatic rings. The summed E-state index contributed by atoms with van der Waals surface area (Å²) in [5.74, 6) is -0.0711. The maximum Gasteiger partial charge on any atom is 0.267 e. The maximum atomic E-state index is 13.4. The molecule has 1 aromatic carbocycles. The summed E-state index contributed by atoms with van der Waals surface area (Å²) >= 11 is 0. The van der Waals surface area contributed by atoms with Crippen molar-refractivity contribution in [3.05, 3.63) is 35.7 Å². The molecule has 0 atom stereocenters. The number of sulfonamides is 1. The number of carbonyl (C=O) groups is 1. The Labute approximate surface area is 207 Å². The molecule has 0 radical (unpaired) electrons. The molecule has 11 heteroatoms. The third-order valence-electron chi connectivity index (χ3n) is 6.07. The van der Waals surface area contributed by atoms with E-state index in [9.17, 15) is 13.2 Å². The Balaban J connectivity index is 1.98. The first-order valence-corrected chi connectivity index (χ1v) is 13.5. The molecular weight excluding hydrogens is 470 g/mol. The van der Waals surface area contributed by atoms with Crippen molar-refractivity contribution in [3.8, 4) is 5.75 Å². The van der Waals surface area contributed by atoms with Crippen LogP contribution in [-0.4, -0.2) is 79.1 Å². The van der Waals surface area contributed by atoms with Crippen molar-refractivity contribution in [1.29, 1.82) is 0 Å². The first-order chi connectivity index (χ1) is 16.7. The first kappa shape index (κ1) is 27.0. The first-order valence-electron chi connectivity index (χ1n) is 12.1. The zero-order valence-electron chi connectivity index (χ0n) is 20.8. The van der Waals surface area contributed by atoms with Crippen molar-refractivity contribution in [2.24, 2.45) is 12.8 Å². The van der Waals surface area contributed by atoms with Gasteiger partial charge in [-0.05, 0) is 36.6 Å². The van der Waals surface area contributed by atoms with Crippen molar-refractivity contribution >= 4 is 27.3 Å². The quantitative estimate of drug-likeness (QED) is 0.400. The van der Waals surface area contributed by atoms with E-state index < -0.39 is 15.9 Å².